The molecule has 2 nitrogen and oxygen atoms in total. The van der Waals surface area contributed by atoms with Crippen LogP contribution in [-0.2, 0) is 22.3 Å². The van der Waals surface area contributed by atoms with Gasteiger partial charge in [0.15, 0.2) is 0 Å². The van der Waals surface area contributed by atoms with E-state index in [2.05, 4.69) is 36.4 Å². The van der Waals surface area contributed by atoms with Crippen molar-refractivity contribution in [2.24, 2.45) is 0 Å². The molecule has 25 heavy (non-hydrogen) atoms. The van der Waals surface area contributed by atoms with Crippen LogP contribution >= 0.6 is 0 Å². The molecule has 0 amide bonds. The third kappa shape index (κ3) is 4.80. The molecule has 0 aromatic heterocycles. The molecule has 3 heteroatoms. The Labute approximate surface area is 151 Å². The minimum Gasteiger partial charge on any atom is -0.494 e. The topological polar surface area (TPSA) is 26.3 Å². The van der Waals surface area contributed by atoms with E-state index in [1.165, 1.54) is 11.1 Å². The Kier molecular flexibility index (Phi) is 6.02. The molecule has 0 N–H and O–H groups in total. The van der Waals surface area contributed by atoms with Crippen LogP contribution in [0.5, 0.6) is 5.75 Å². The molecule has 0 bridgehead atoms. The molecule has 0 radical (unpaired) electrons. The van der Waals surface area contributed by atoms with E-state index in [1.54, 1.807) is 0 Å². The predicted molar refractivity (Wildman–Crippen MR) is 105 cm³/mol. The molecule has 3 aromatic rings. The van der Waals surface area contributed by atoms with Crippen LogP contribution in [0.3, 0.4) is 0 Å². The molecular formula is C22H22O2S. The fourth-order valence-corrected chi connectivity index (χ4v) is 4.01. The van der Waals surface area contributed by atoms with Crippen molar-refractivity contribution in [2.45, 2.75) is 18.4 Å². The van der Waals surface area contributed by atoms with Gasteiger partial charge in [0.25, 0.3) is 0 Å². The van der Waals surface area contributed by atoms with Gasteiger partial charge in [0.2, 0.25) is 0 Å². The largest absolute Gasteiger partial charge is 0.494 e. The average molecular weight is 350 g/mol. The summed E-state index contributed by atoms with van der Waals surface area (Å²) in [5, 5.41) is 0. The van der Waals surface area contributed by atoms with Crippen molar-refractivity contribution in [3.63, 3.8) is 0 Å². The Morgan fingerprint density at radius 3 is 2.12 bits per heavy atom. The van der Waals surface area contributed by atoms with E-state index >= 15 is 0 Å². The summed E-state index contributed by atoms with van der Waals surface area (Å²) in [6.07, 6.45) is 0. The van der Waals surface area contributed by atoms with Gasteiger partial charge in [-0.15, -0.1) is 0 Å². The van der Waals surface area contributed by atoms with Crippen molar-refractivity contribution < 1.29 is 8.95 Å². The van der Waals surface area contributed by atoms with Crippen LogP contribution < -0.4 is 4.74 Å². The van der Waals surface area contributed by atoms with Gasteiger partial charge in [0, 0.05) is 22.1 Å². The van der Waals surface area contributed by atoms with Crippen molar-refractivity contribution in [1.29, 1.82) is 0 Å². The lowest BCUT2D eigenvalue weighted by Crippen LogP contribution is -2.02. The Balaban J connectivity index is 1.65. The van der Waals surface area contributed by atoms with Gasteiger partial charge in [-0.2, -0.15) is 0 Å². The van der Waals surface area contributed by atoms with Crippen LogP contribution in [0.15, 0.2) is 78.9 Å². The SMILES string of the molecule is CCOc1ccccc1CS(=O)Cc1ccc(-c2ccccc2)cc1. The zero-order valence-corrected chi connectivity index (χ0v) is 15.2. The lowest BCUT2D eigenvalue weighted by molar-refractivity contribution is 0.337. The van der Waals surface area contributed by atoms with E-state index in [0.717, 1.165) is 16.9 Å². The fraction of sp³-hybridized carbons (Fsp3) is 0.182. The summed E-state index contributed by atoms with van der Waals surface area (Å²) in [6, 6.07) is 26.4. The Morgan fingerprint density at radius 1 is 0.760 bits per heavy atom. The number of hydrogen-bond donors (Lipinski definition) is 0. The smallest absolute Gasteiger partial charge is 0.123 e. The van der Waals surface area contributed by atoms with Gasteiger partial charge in [-0.1, -0.05) is 72.8 Å². The van der Waals surface area contributed by atoms with Crippen LogP contribution in [0.2, 0.25) is 0 Å². The zero-order chi connectivity index (χ0) is 17.5. The Bertz CT molecular complexity index is 826. The number of benzene rings is 3. The Morgan fingerprint density at radius 2 is 1.40 bits per heavy atom. The number of para-hydroxylation sites is 1. The minimum atomic E-state index is -0.967. The number of hydrogen-bond acceptors (Lipinski definition) is 2. The first kappa shape index (κ1) is 17.4. The number of rotatable bonds is 7. The maximum Gasteiger partial charge on any atom is 0.123 e. The van der Waals surface area contributed by atoms with Gasteiger partial charge in [0.1, 0.15) is 5.75 Å². The van der Waals surface area contributed by atoms with Crippen molar-refractivity contribution in [3.05, 3.63) is 90.0 Å². The molecule has 0 aliphatic rings. The molecule has 0 saturated carbocycles. The van der Waals surface area contributed by atoms with Crippen LogP contribution in [0.1, 0.15) is 18.1 Å². The highest BCUT2D eigenvalue weighted by Gasteiger charge is 2.08. The fourth-order valence-electron chi connectivity index (χ4n) is 2.75. The second kappa shape index (κ2) is 8.63. The second-order valence-electron chi connectivity index (χ2n) is 5.83. The van der Waals surface area contributed by atoms with E-state index in [4.69, 9.17) is 4.74 Å². The molecule has 0 aliphatic heterocycles. The first-order valence-electron chi connectivity index (χ1n) is 8.46. The molecule has 0 heterocycles. The molecule has 128 valence electrons. The summed E-state index contributed by atoms with van der Waals surface area (Å²) in [4.78, 5) is 0. The van der Waals surface area contributed by atoms with Gasteiger partial charge in [-0.25, -0.2) is 0 Å². The monoisotopic (exact) mass is 350 g/mol. The molecule has 3 aromatic carbocycles. The van der Waals surface area contributed by atoms with Crippen molar-refractivity contribution in [2.75, 3.05) is 6.61 Å². The molecule has 0 saturated heterocycles. The molecule has 0 fully saturated rings. The van der Waals surface area contributed by atoms with E-state index < -0.39 is 10.8 Å². The summed E-state index contributed by atoms with van der Waals surface area (Å²) < 4.78 is 18.2. The normalized spacial score (nSPS) is 11.9. The van der Waals surface area contributed by atoms with Crippen LogP contribution in [0, 0.1) is 0 Å². The van der Waals surface area contributed by atoms with Crippen LogP contribution in [0.4, 0.5) is 0 Å². The zero-order valence-electron chi connectivity index (χ0n) is 14.4. The molecule has 0 spiro atoms. The summed E-state index contributed by atoms with van der Waals surface area (Å²) in [6.45, 7) is 2.58. The minimum absolute atomic E-state index is 0.511. The van der Waals surface area contributed by atoms with Crippen molar-refractivity contribution in [1.82, 2.24) is 0 Å². The van der Waals surface area contributed by atoms with Gasteiger partial charge in [-0.3, -0.25) is 4.21 Å². The second-order valence-corrected chi connectivity index (χ2v) is 7.29. The van der Waals surface area contributed by atoms with Crippen molar-refractivity contribution >= 4 is 10.8 Å². The standard InChI is InChI=1S/C22H22O2S/c1-2-24-22-11-7-6-10-21(22)17-25(23)16-18-12-14-20(15-13-18)19-8-4-3-5-9-19/h3-15H,2,16-17H2,1H3. The van der Waals surface area contributed by atoms with Crippen molar-refractivity contribution in [3.8, 4) is 16.9 Å². The quantitative estimate of drug-likeness (QED) is 0.585. The lowest BCUT2D eigenvalue weighted by Gasteiger charge is -2.10. The van der Waals surface area contributed by atoms with E-state index in [9.17, 15) is 4.21 Å². The van der Waals surface area contributed by atoms with Gasteiger partial charge >= 0.3 is 0 Å². The molecule has 3 rings (SSSR count). The summed E-state index contributed by atoms with van der Waals surface area (Å²) in [7, 11) is -0.967. The summed E-state index contributed by atoms with van der Waals surface area (Å²) in [5.41, 5.74) is 4.47. The van der Waals surface area contributed by atoms with Gasteiger partial charge in [0.05, 0.1) is 12.4 Å². The predicted octanol–water partition coefficient (Wildman–Crippen LogP) is 5.20. The highest BCUT2D eigenvalue weighted by molar-refractivity contribution is 7.83. The van der Waals surface area contributed by atoms with E-state index in [1.807, 2.05) is 49.4 Å². The molecule has 1 unspecified atom stereocenters. The first-order valence-corrected chi connectivity index (χ1v) is 9.95. The summed E-state index contributed by atoms with van der Waals surface area (Å²) >= 11 is 0. The molecular weight excluding hydrogens is 328 g/mol. The van der Waals surface area contributed by atoms with Crippen LogP contribution in [-0.4, -0.2) is 10.8 Å². The van der Waals surface area contributed by atoms with Gasteiger partial charge < -0.3 is 4.74 Å². The summed E-state index contributed by atoms with van der Waals surface area (Å²) in [5.74, 6) is 1.89. The maximum atomic E-state index is 12.5. The third-order valence-electron chi connectivity index (χ3n) is 3.98. The van der Waals surface area contributed by atoms with E-state index in [0.29, 0.717) is 18.1 Å². The van der Waals surface area contributed by atoms with E-state index in [-0.39, 0.29) is 0 Å². The molecule has 0 aliphatic carbocycles. The highest BCUT2D eigenvalue weighted by atomic mass is 32.2. The maximum absolute atomic E-state index is 12.5. The first-order chi connectivity index (χ1) is 12.3. The van der Waals surface area contributed by atoms with Crippen LogP contribution in [0.25, 0.3) is 11.1 Å². The molecule has 1 atom stereocenters. The van der Waals surface area contributed by atoms with Gasteiger partial charge in [-0.05, 0) is 29.7 Å². The highest BCUT2D eigenvalue weighted by Crippen LogP contribution is 2.22. The Hall–Kier alpha value is -2.39. The average Bonchev–Trinajstić information content (AvgIpc) is 2.65. The third-order valence-corrected chi connectivity index (χ3v) is 5.27. The number of ether oxygens (including phenoxy) is 1. The lowest BCUT2D eigenvalue weighted by atomic mass is 10.0.